The Bertz CT molecular complexity index is 706. The molecular formula is C18H25N3O4S2. The first-order chi connectivity index (χ1) is 13.0. The van der Waals surface area contributed by atoms with Gasteiger partial charge >= 0.3 is 6.09 Å². The number of carbonyl (C=O) groups is 2. The molecule has 9 heteroatoms. The molecule has 0 bridgehead atoms. The number of nitrogens with one attached hydrogen (secondary N) is 1. The van der Waals surface area contributed by atoms with Gasteiger partial charge in [-0.1, -0.05) is 12.1 Å². The summed E-state index contributed by atoms with van der Waals surface area (Å²) in [5.41, 5.74) is 0.789. The van der Waals surface area contributed by atoms with E-state index in [0.29, 0.717) is 24.6 Å². The second-order valence-electron chi connectivity index (χ2n) is 5.77. The summed E-state index contributed by atoms with van der Waals surface area (Å²) in [6, 6.07) is 6.93. The first kappa shape index (κ1) is 23.0. The Labute approximate surface area is 167 Å². The van der Waals surface area contributed by atoms with Crippen molar-refractivity contribution in [1.29, 1.82) is 0 Å². The Morgan fingerprint density at radius 1 is 1.37 bits per heavy atom. The highest BCUT2D eigenvalue weighted by Crippen LogP contribution is 2.14. The highest BCUT2D eigenvalue weighted by molar-refractivity contribution is 7.85. The molecule has 0 aliphatic heterocycles. The highest BCUT2D eigenvalue weighted by atomic mass is 32.2. The van der Waals surface area contributed by atoms with E-state index in [1.54, 1.807) is 25.2 Å². The van der Waals surface area contributed by atoms with Gasteiger partial charge in [0, 0.05) is 43.2 Å². The normalized spacial score (nSPS) is 11.2. The average Bonchev–Trinajstić information content (AvgIpc) is 2.65. The fourth-order valence-electron chi connectivity index (χ4n) is 2.00. The summed E-state index contributed by atoms with van der Waals surface area (Å²) in [7, 11) is 0.443. The van der Waals surface area contributed by atoms with Crippen molar-refractivity contribution in [2.45, 2.75) is 26.3 Å². The topological polar surface area (TPSA) is 88.1 Å². The average molecular weight is 412 g/mol. The first-order valence-corrected chi connectivity index (χ1v) is 10.5. The summed E-state index contributed by atoms with van der Waals surface area (Å²) in [4.78, 5) is 28.9. The lowest BCUT2D eigenvalue weighted by atomic mass is 10.2. The molecule has 0 aliphatic carbocycles. The van der Waals surface area contributed by atoms with Gasteiger partial charge in [0.15, 0.2) is 0 Å². The van der Waals surface area contributed by atoms with Crippen molar-refractivity contribution < 1.29 is 18.5 Å². The molecule has 0 radical (unpaired) electrons. The van der Waals surface area contributed by atoms with Crippen LogP contribution in [-0.4, -0.2) is 57.9 Å². The number of aliphatic imine (C=N–C) groups is 1. The van der Waals surface area contributed by atoms with E-state index in [9.17, 15) is 13.8 Å². The van der Waals surface area contributed by atoms with Crippen molar-refractivity contribution in [1.82, 2.24) is 10.2 Å². The Hall–Kier alpha value is -2.09. The molecule has 1 N–H and O–H groups in total. The standard InChI is InChI=1S/C18H25N3O4S2/c1-3-21(2)18(23)25-16-8-6-7-15(11-16)12-20-17(22)13-27(24)10-5-4-9-19-14-26/h6-8,11H,3-5,9-10,12-13H2,1-2H3,(H,20,22). The van der Waals surface area contributed by atoms with Gasteiger partial charge < -0.3 is 15.0 Å². The van der Waals surface area contributed by atoms with Crippen LogP contribution in [0.1, 0.15) is 25.3 Å². The molecule has 148 valence electrons. The third-order valence-corrected chi connectivity index (χ3v) is 5.09. The van der Waals surface area contributed by atoms with Gasteiger partial charge in [-0.05, 0) is 49.7 Å². The monoisotopic (exact) mass is 411 g/mol. The van der Waals surface area contributed by atoms with E-state index in [2.05, 4.69) is 27.7 Å². The quantitative estimate of drug-likeness (QED) is 0.343. The molecule has 0 fully saturated rings. The van der Waals surface area contributed by atoms with Crippen LogP contribution in [0.3, 0.4) is 0 Å². The van der Waals surface area contributed by atoms with Gasteiger partial charge in [0.2, 0.25) is 5.91 Å². The summed E-state index contributed by atoms with van der Waals surface area (Å²) in [6.07, 6.45) is 1.06. The van der Waals surface area contributed by atoms with Crippen molar-refractivity contribution in [2.24, 2.45) is 4.99 Å². The zero-order valence-electron chi connectivity index (χ0n) is 15.6. The Morgan fingerprint density at radius 2 is 2.15 bits per heavy atom. The van der Waals surface area contributed by atoms with E-state index in [1.165, 1.54) is 4.90 Å². The lowest BCUT2D eigenvalue weighted by Crippen LogP contribution is -2.29. The van der Waals surface area contributed by atoms with Crippen LogP contribution < -0.4 is 10.1 Å². The van der Waals surface area contributed by atoms with Gasteiger partial charge in [-0.15, -0.1) is 0 Å². The van der Waals surface area contributed by atoms with E-state index < -0.39 is 16.9 Å². The summed E-state index contributed by atoms with van der Waals surface area (Å²) in [5.74, 6) is 0.552. The molecule has 1 aromatic carbocycles. The smallest absolute Gasteiger partial charge is 0.410 e. The summed E-state index contributed by atoms with van der Waals surface area (Å²) < 4.78 is 17.1. The molecule has 1 aromatic rings. The first-order valence-electron chi connectivity index (χ1n) is 8.63. The summed E-state index contributed by atoms with van der Waals surface area (Å²) >= 11 is 4.47. The molecule has 0 spiro atoms. The minimum atomic E-state index is -1.21. The molecule has 1 rings (SSSR count). The fourth-order valence-corrected chi connectivity index (χ4v) is 3.15. The third kappa shape index (κ3) is 9.98. The van der Waals surface area contributed by atoms with Gasteiger partial charge in [0.1, 0.15) is 11.5 Å². The van der Waals surface area contributed by atoms with Gasteiger partial charge in [-0.25, -0.2) is 9.79 Å². The second kappa shape index (κ2) is 13.1. The van der Waals surface area contributed by atoms with Crippen molar-refractivity contribution in [3.05, 3.63) is 29.8 Å². The molecule has 1 atom stereocenters. The van der Waals surface area contributed by atoms with Crippen LogP contribution in [0.4, 0.5) is 4.79 Å². The summed E-state index contributed by atoms with van der Waals surface area (Å²) in [6.45, 7) is 3.24. The molecule has 2 amide bonds. The lowest BCUT2D eigenvalue weighted by Gasteiger charge is -2.14. The van der Waals surface area contributed by atoms with E-state index in [1.807, 2.05) is 13.0 Å². The molecular weight excluding hydrogens is 386 g/mol. The van der Waals surface area contributed by atoms with Crippen LogP contribution >= 0.6 is 12.2 Å². The van der Waals surface area contributed by atoms with Crippen LogP contribution in [0.2, 0.25) is 0 Å². The number of hydrogen-bond donors (Lipinski definition) is 1. The maximum Gasteiger partial charge on any atom is 0.414 e. The van der Waals surface area contributed by atoms with Crippen LogP contribution in [0.5, 0.6) is 5.75 Å². The van der Waals surface area contributed by atoms with E-state index in [-0.39, 0.29) is 18.2 Å². The Balaban J connectivity index is 2.38. The molecule has 27 heavy (non-hydrogen) atoms. The Kier molecular flexibility index (Phi) is 11.2. The van der Waals surface area contributed by atoms with Crippen molar-refractivity contribution >= 4 is 40.2 Å². The number of hydrogen-bond acceptors (Lipinski definition) is 6. The molecule has 7 nitrogen and oxygen atoms in total. The zero-order valence-corrected chi connectivity index (χ0v) is 17.2. The number of rotatable bonds is 11. The van der Waals surface area contributed by atoms with E-state index in [4.69, 9.17) is 4.74 Å². The minimum Gasteiger partial charge on any atom is -0.410 e. The maximum atomic E-state index is 11.9. The highest BCUT2D eigenvalue weighted by Gasteiger charge is 2.10. The van der Waals surface area contributed by atoms with Crippen LogP contribution in [0, 0.1) is 0 Å². The Morgan fingerprint density at radius 3 is 2.85 bits per heavy atom. The van der Waals surface area contributed by atoms with Crippen molar-refractivity contribution in [3.63, 3.8) is 0 Å². The van der Waals surface area contributed by atoms with Gasteiger partial charge in [0.25, 0.3) is 0 Å². The van der Waals surface area contributed by atoms with Gasteiger partial charge in [-0.2, -0.15) is 0 Å². The molecule has 0 saturated heterocycles. The molecule has 0 aromatic heterocycles. The van der Waals surface area contributed by atoms with Crippen molar-refractivity contribution in [3.8, 4) is 5.75 Å². The van der Waals surface area contributed by atoms with Gasteiger partial charge in [0.05, 0.1) is 5.16 Å². The van der Waals surface area contributed by atoms with Crippen molar-refractivity contribution in [2.75, 3.05) is 31.6 Å². The SMILES string of the molecule is CCN(C)C(=O)Oc1cccc(CNC(=O)CS(=O)CCCCN=C=S)c1. The predicted molar refractivity (Wildman–Crippen MR) is 110 cm³/mol. The number of benzene rings is 1. The molecule has 0 heterocycles. The number of thiocarbonyl (C=S) groups is 1. The molecule has 0 saturated carbocycles. The number of carbonyl (C=O) groups excluding carboxylic acids is 2. The number of amides is 2. The van der Waals surface area contributed by atoms with Crippen LogP contribution in [-0.2, 0) is 22.1 Å². The zero-order chi connectivity index (χ0) is 20.1. The molecule has 0 aliphatic rings. The van der Waals surface area contributed by atoms with Crippen LogP contribution in [0.25, 0.3) is 0 Å². The third-order valence-electron chi connectivity index (χ3n) is 3.63. The summed E-state index contributed by atoms with van der Waals surface area (Å²) in [5, 5.41) is 5.01. The lowest BCUT2D eigenvalue weighted by molar-refractivity contribution is -0.118. The molecule has 1 unspecified atom stereocenters. The minimum absolute atomic E-state index is 0.0353. The van der Waals surface area contributed by atoms with E-state index in [0.717, 1.165) is 18.4 Å². The number of nitrogens with zero attached hydrogens (tertiary/aromatic N) is 2. The maximum absolute atomic E-state index is 11.9. The van der Waals surface area contributed by atoms with Crippen LogP contribution in [0.15, 0.2) is 29.3 Å². The predicted octanol–water partition coefficient (Wildman–Crippen LogP) is 2.38. The largest absolute Gasteiger partial charge is 0.414 e. The number of isothiocyanates is 1. The van der Waals surface area contributed by atoms with E-state index >= 15 is 0 Å². The van der Waals surface area contributed by atoms with Gasteiger partial charge in [-0.3, -0.25) is 9.00 Å². The second-order valence-corrected chi connectivity index (χ2v) is 7.53. The number of unbranched alkanes of at least 4 members (excludes halogenated alkanes) is 1. The fraction of sp³-hybridized carbons (Fsp3) is 0.500. The number of ether oxygens (including phenoxy) is 1.